The van der Waals surface area contributed by atoms with E-state index in [2.05, 4.69) is 21.4 Å². The summed E-state index contributed by atoms with van der Waals surface area (Å²) in [7, 11) is 0. The van der Waals surface area contributed by atoms with Gasteiger partial charge in [-0.1, -0.05) is 34.1 Å². The van der Waals surface area contributed by atoms with E-state index in [4.69, 9.17) is 0 Å². The van der Waals surface area contributed by atoms with Crippen molar-refractivity contribution in [3.63, 3.8) is 0 Å². The van der Waals surface area contributed by atoms with Crippen molar-refractivity contribution in [1.29, 1.82) is 0 Å². The number of hydrogen-bond acceptors (Lipinski definition) is 3. The number of para-hydroxylation sites is 1. The van der Waals surface area contributed by atoms with Crippen LogP contribution in [0, 0.1) is 6.92 Å². The summed E-state index contributed by atoms with van der Waals surface area (Å²) in [6.45, 7) is 1.98. The Morgan fingerprint density at radius 3 is 2.47 bits per heavy atom. The molecule has 88 valence electrons. The Labute approximate surface area is 109 Å². The molecular weight excluding hydrogens is 280 g/mol. The van der Waals surface area contributed by atoms with Gasteiger partial charge in [-0.05, 0) is 42.8 Å². The first kappa shape index (κ1) is 12.0. The van der Waals surface area contributed by atoms with Gasteiger partial charge in [0.05, 0.1) is 11.4 Å². The van der Waals surface area contributed by atoms with Crippen molar-refractivity contribution in [3.05, 3.63) is 58.6 Å². The van der Waals surface area contributed by atoms with E-state index < -0.39 is 0 Å². The molecule has 0 atom stereocenters. The van der Waals surface area contributed by atoms with Crippen LogP contribution in [0.1, 0.15) is 5.56 Å². The Balaban J connectivity index is 2.16. The molecule has 0 radical (unpaired) electrons. The minimum atomic E-state index is 0.690. The summed E-state index contributed by atoms with van der Waals surface area (Å²) in [5.74, 6) is 0. The van der Waals surface area contributed by atoms with Gasteiger partial charge in [-0.25, -0.2) is 0 Å². The molecule has 0 aromatic heterocycles. The van der Waals surface area contributed by atoms with E-state index in [1.54, 1.807) is 0 Å². The molecule has 0 saturated carbocycles. The lowest BCUT2D eigenvalue weighted by Gasteiger charge is -2.20. The molecule has 2 N–H and O–H groups in total. The quantitative estimate of drug-likeness (QED) is 0.840. The highest BCUT2D eigenvalue weighted by molar-refractivity contribution is 9.10. The lowest BCUT2D eigenvalue weighted by Crippen LogP contribution is -2.25. The second-order valence-electron chi connectivity index (χ2n) is 3.72. The molecule has 0 saturated heterocycles. The van der Waals surface area contributed by atoms with E-state index in [9.17, 15) is 5.21 Å². The number of anilines is 2. The van der Waals surface area contributed by atoms with Gasteiger partial charge >= 0.3 is 0 Å². The van der Waals surface area contributed by atoms with Gasteiger partial charge < -0.3 is 0 Å². The Morgan fingerprint density at radius 1 is 1.12 bits per heavy atom. The van der Waals surface area contributed by atoms with Gasteiger partial charge in [-0.15, -0.1) is 0 Å². The normalized spacial score (nSPS) is 10.1. The largest absolute Gasteiger partial charge is 0.274 e. The number of hydrogen-bond donors (Lipinski definition) is 2. The summed E-state index contributed by atoms with van der Waals surface area (Å²) in [4.78, 5) is 0. The van der Waals surface area contributed by atoms with Crippen LogP contribution in [0.15, 0.2) is 53.0 Å². The SMILES string of the molecule is Cc1cc(Br)ccc1NN(O)c1ccccc1. The third kappa shape index (κ3) is 2.99. The number of rotatable bonds is 3. The van der Waals surface area contributed by atoms with Gasteiger partial charge in [0.1, 0.15) is 0 Å². The van der Waals surface area contributed by atoms with Crippen LogP contribution in [0.4, 0.5) is 11.4 Å². The van der Waals surface area contributed by atoms with Crippen molar-refractivity contribution in [1.82, 2.24) is 0 Å². The highest BCUT2D eigenvalue weighted by atomic mass is 79.9. The van der Waals surface area contributed by atoms with Crippen LogP contribution < -0.4 is 10.6 Å². The van der Waals surface area contributed by atoms with Gasteiger partial charge in [0.25, 0.3) is 0 Å². The Hall–Kier alpha value is -1.52. The molecule has 0 aliphatic heterocycles. The average molecular weight is 293 g/mol. The molecule has 0 aliphatic carbocycles. The Bertz CT molecular complexity index is 502. The summed E-state index contributed by atoms with van der Waals surface area (Å²) < 4.78 is 1.02. The number of benzene rings is 2. The van der Waals surface area contributed by atoms with Crippen molar-refractivity contribution in [3.8, 4) is 0 Å². The Morgan fingerprint density at radius 2 is 1.82 bits per heavy atom. The second kappa shape index (κ2) is 5.21. The number of aryl methyl sites for hydroxylation is 1. The zero-order valence-electron chi connectivity index (χ0n) is 9.39. The zero-order valence-corrected chi connectivity index (χ0v) is 11.0. The molecule has 4 heteroatoms. The fourth-order valence-corrected chi connectivity index (χ4v) is 1.98. The van der Waals surface area contributed by atoms with Gasteiger partial charge in [0.15, 0.2) is 0 Å². The monoisotopic (exact) mass is 292 g/mol. The zero-order chi connectivity index (χ0) is 12.3. The molecule has 17 heavy (non-hydrogen) atoms. The van der Waals surface area contributed by atoms with Gasteiger partial charge in [0.2, 0.25) is 0 Å². The van der Waals surface area contributed by atoms with Gasteiger partial charge in [-0.2, -0.15) is 5.17 Å². The molecule has 0 amide bonds. The van der Waals surface area contributed by atoms with E-state index in [-0.39, 0.29) is 0 Å². The average Bonchev–Trinajstić information content (AvgIpc) is 2.34. The molecular formula is C13H13BrN2O. The third-order valence-electron chi connectivity index (χ3n) is 2.42. The fraction of sp³-hybridized carbons (Fsp3) is 0.0769. The molecule has 2 aromatic rings. The first-order valence-electron chi connectivity index (χ1n) is 5.23. The Kier molecular flexibility index (Phi) is 3.66. The first-order valence-corrected chi connectivity index (χ1v) is 6.03. The van der Waals surface area contributed by atoms with Crippen LogP contribution in [0.2, 0.25) is 0 Å². The molecule has 0 fully saturated rings. The molecule has 0 heterocycles. The maximum absolute atomic E-state index is 9.88. The van der Waals surface area contributed by atoms with Crippen LogP contribution in [0.5, 0.6) is 0 Å². The van der Waals surface area contributed by atoms with Crippen molar-refractivity contribution in [2.45, 2.75) is 6.92 Å². The number of nitrogens with one attached hydrogen (secondary N) is 1. The van der Waals surface area contributed by atoms with Crippen LogP contribution in [0.25, 0.3) is 0 Å². The summed E-state index contributed by atoms with van der Waals surface area (Å²) in [5.41, 5.74) is 5.52. The fourth-order valence-electron chi connectivity index (χ4n) is 1.50. The summed E-state index contributed by atoms with van der Waals surface area (Å²) in [6, 6.07) is 15.1. The van der Waals surface area contributed by atoms with Crippen molar-refractivity contribution < 1.29 is 5.21 Å². The lowest BCUT2D eigenvalue weighted by atomic mass is 10.2. The maximum atomic E-state index is 9.88. The van der Waals surface area contributed by atoms with E-state index in [1.807, 2.05) is 55.5 Å². The van der Waals surface area contributed by atoms with E-state index >= 15 is 0 Å². The number of nitrogens with zero attached hydrogens (tertiary/aromatic N) is 1. The van der Waals surface area contributed by atoms with Crippen molar-refractivity contribution in [2.24, 2.45) is 0 Å². The summed E-state index contributed by atoms with van der Waals surface area (Å²) >= 11 is 3.40. The topological polar surface area (TPSA) is 35.5 Å². The molecule has 0 bridgehead atoms. The van der Waals surface area contributed by atoms with E-state index in [0.717, 1.165) is 20.9 Å². The highest BCUT2D eigenvalue weighted by Crippen LogP contribution is 2.21. The van der Waals surface area contributed by atoms with Crippen LogP contribution in [-0.4, -0.2) is 5.21 Å². The second-order valence-corrected chi connectivity index (χ2v) is 4.63. The van der Waals surface area contributed by atoms with Crippen molar-refractivity contribution in [2.75, 3.05) is 10.6 Å². The minimum absolute atomic E-state index is 0.690. The maximum Gasteiger partial charge on any atom is 0.0876 e. The van der Waals surface area contributed by atoms with E-state index in [0.29, 0.717) is 5.69 Å². The third-order valence-corrected chi connectivity index (χ3v) is 2.91. The highest BCUT2D eigenvalue weighted by Gasteiger charge is 2.04. The standard InChI is InChI=1S/C13H13BrN2O/c1-10-9-11(14)7-8-13(10)15-16(17)12-5-3-2-4-6-12/h2-9,15,17H,1H3. The smallest absolute Gasteiger partial charge is 0.0876 e. The van der Waals surface area contributed by atoms with Gasteiger partial charge in [-0.3, -0.25) is 10.6 Å². The summed E-state index contributed by atoms with van der Waals surface area (Å²) in [6.07, 6.45) is 0. The van der Waals surface area contributed by atoms with E-state index in [1.165, 1.54) is 0 Å². The summed E-state index contributed by atoms with van der Waals surface area (Å²) in [5, 5.41) is 10.9. The minimum Gasteiger partial charge on any atom is -0.274 e. The molecule has 2 rings (SSSR count). The molecule has 2 aromatic carbocycles. The molecule has 0 aliphatic rings. The molecule has 0 spiro atoms. The number of hydrazine groups is 1. The molecule has 0 unspecified atom stereocenters. The predicted molar refractivity (Wildman–Crippen MR) is 73.2 cm³/mol. The molecule has 3 nitrogen and oxygen atoms in total. The van der Waals surface area contributed by atoms with Gasteiger partial charge in [0, 0.05) is 4.47 Å². The van der Waals surface area contributed by atoms with Crippen molar-refractivity contribution >= 4 is 27.3 Å². The first-order chi connectivity index (χ1) is 8.16. The number of halogens is 1. The van der Waals surface area contributed by atoms with Crippen LogP contribution in [-0.2, 0) is 0 Å². The lowest BCUT2D eigenvalue weighted by molar-refractivity contribution is 0.277. The predicted octanol–water partition coefficient (Wildman–Crippen LogP) is 3.98. The van der Waals surface area contributed by atoms with Crippen LogP contribution in [0.3, 0.4) is 0 Å². The van der Waals surface area contributed by atoms with Crippen LogP contribution >= 0.6 is 15.9 Å².